The van der Waals surface area contributed by atoms with Crippen LogP contribution in [0.5, 0.6) is 0 Å². The lowest BCUT2D eigenvalue weighted by atomic mass is 10.5. The van der Waals surface area contributed by atoms with Gasteiger partial charge in [0.2, 0.25) is 0 Å². The predicted octanol–water partition coefficient (Wildman–Crippen LogP) is 1.51. The Kier molecular flexibility index (Phi) is 38.4. The highest BCUT2D eigenvalue weighted by Gasteiger charge is 1.88. The average molecular weight is 150 g/mol. The van der Waals surface area contributed by atoms with E-state index in [0.717, 1.165) is 0 Å². The van der Waals surface area contributed by atoms with Crippen molar-refractivity contribution in [1.82, 2.24) is 0 Å². The monoisotopic (exact) mass is 150 g/mol. The topological polar surface area (TPSA) is 57.5 Å². The van der Waals surface area contributed by atoms with Crippen molar-refractivity contribution >= 4 is 5.97 Å². The number of hydrogen-bond acceptors (Lipinski definition) is 2. The van der Waals surface area contributed by atoms with E-state index in [1.807, 2.05) is 27.7 Å². The molecule has 3 heteroatoms. The molecule has 0 saturated heterocycles. The van der Waals surface area contributed by atoms with Gasteiger partial charge >= 0.3 is 5.97 Å². The Morgan fingerprint density at radius 3 is 1.50 bits per heavy atom. The molecular formula is C7H18O3. The Morgan fingerprint density at radius 1 is 1.20 bits per heavy atom. The van der Waals surface area contributed by atoms with Crippen LogP contribution in [-0.2, 0) is 4.79 Å². The lowest BCUT2D eigenvalue weighted by Crippen LogP contribution is -1.96. The molecule has 0 spiro atoms. The molecule has 0 heterocycles. The number of carboxylic acid groups (broad SMARTS) is 1. The molecule has 0 aliphatic rings. The van der Waals surface area contributed by atoms with Gasteiger partial charge in [-0.25, -0.2) is 0 Å². The molecule has 2 N–H and O–H groups in total. The van der Waals surface area contributed by atoms with Crippen molar-refractivity contribution in [2.24, 2.45) is 0 Å². The summed E-state index contributed by atoms with van der Waals surface area (Å²) in [5, 5.41) is 15.6. The van der Waals surface area contributed by atoms with Gasteiger partial charge in [-0.2, -0.15) is 0 Å². The second-order valence-corrected chi connectivity index (χ2v) is 0.867. The van der Waals surface area contributed by atoms with Gasteiger partial charge in [-0.05, 0) is 0 Å². The van der Waals surface area contributed by atoms with Gasteiger partial charge in [0, 0.05) is 0 Å². The van der Waals surface area contributed by atoms with E-state index in [1.165, 1.54) is 0 Å². The van der Waals surface area contributed by atoms with Crippen LogP contribution < -0.4 is 0 Å². The van der Waals surface area contributed by atoms with Crippen LogP contribution in [0.15, 0.2) is 0 Å². The molecule has 0 radical (unpaired) electrons. The molecule has 64 valence electrons. The lowest BCUT2D eigenvalue weighted by molar-refractivity contribution is -0.137. The number of aliphatic hydroxyl groups is 1. The highest BCUT2D eigenvalue weighted by atomic mass is 16.4. The van der Waals surface area contributed by atoms with Crippen LogP contribution in [0, 0.1) is 0 Å². The van der Waals surface area contributed by atoms with Gasteiger partial charge in [0.1, 0.15) is 0 Å². The second-order valence-electron chi connectivity index (χ2n) is 0.867. The molecule has 0 aromatic rings. The van der Waals surface area contributed by atoms with E-state index >= 15 is 0 Å². The standard InChI is InChI=1S/C3H6O3.2C2H6/c4-2-1-3(5)6;2*1-2/h4H,1-2H2,(H,5,6);2*1-2H3. The summed E-state index contributed by atoms with van der Waals surface area (Å²) < 4.78 is 0. The highest BCUT2D eigenvalue weighted by molar-refractivity contribution is 5.66. The summed E-state index contributed by atoms with van der Waals surface area (Å²) in [5.41, 5.74) is 0. The molecule has 3 nitrogen and oxygen atoms in total. The molecule has 0 rings (SSSR count). The first-order chi connectivity index (χ1) is 4.77. The van der Waals surface area contributed by atoms with Crippen LogP contribution in [0.25, 0.3) is 0 Å². The third kappa shape index (κ3) is 52.0. The maximum absolute atomic E-state index is 9.44. The van der Waals surface area contributed by atoms with Gasteiger partial charge in [0.05, 0.1) is 13.0 Å². The van der Waals surface area contributed by atoms with Crippen molar-refractivity contribution in [2.45, 2.75) is 34.1 Å². The largest absolute Gasteiger partial charge is 0.481 e. The first-order valence-corrected chi connectivity index (χ1v) is 3.60. The van der Waals surface area contributed by atoms with Gasteiger partial charge in [-0.15, -0.1) is 0 Å². The fraction of sp³-hybridized carbons (Fsp3) is 0.857. The van der Waals surface area contributed by atoms with Crippen molar-refractivity contribution in [3.63, 3.8) is 0 Å². The van der Waals surface area contributed by atoms with Crippen molar-refractivity contribution in [2.75, 3.05) is 6.61 Å². The van der Waals surface area contributed by atoms with Gasteiger partial charge in [0.25, 0.3) is 0 Å². The maximum atomic E-state index is 9.44. The Morgan fingerprint density at radius 2 is 1.50 bits per heavy atom. The smallest absolute Gasteiger partial charge is 0.305 e. The zero-order valence-corrected chi connectivity index (χ0v) is 7.22. The summed E-state index contributed by atoms with van der Waals surface area (Å²) in [6.07, 6.45) is -0.153. The van der Waals surface area contributed by atoms with Gasteiger partial charge in [0.15, 0.2) is 0 Å². The van der Waals surface area contributed by atoms with Crippen LogP contribution >= 0.6 is 0 Å². The van der Waals surface area contributed by atoms with E-state index in [-0.39, 0.29) is 13.0 Å². The summed E-state index contributed by atoms with van der Waals surface area (Å²) in [6.45, 7) is 7.73. The zero-order chi connectivity index (χ0) is 8.99. The molecule has 0 atom stereocenters. The van der Waals surface area contributed by atoms with E-state index in [4.69, 9.17) is 10.2 Å². The Bertz CT molecular complexity index is 52.8. The molecule has 0 bridgehead atoms. The molecule has 0 aromatic heterocycles. The number of aliphatic hydroxyl groups excluding tert-OH is 1. The number of rotatable bonds is 2. The SMILES string of the molecule is CC.CC.O=C(O)CCO. The lowest BCUT2D eigenvalue weighted by Gasteiger charge is -1.79. The Balaban J connectivity index is -0.000000105. The Labute approximate surface area is 62.7 Å². The molecule has 10 heavy (non-hydrogen) atoms. The van der Waals surface area contributed by atoms with Crippen molar-refractivity contribution in [3.8, 4) is 0 Å². The second kappa shape index (κ2) is 23.7. The molecule has 0 fully saturated rings. The molecule has 0 aliphatic heterocycles. The van der Waals surface area contributed by atoms with Crippen LogP contribution in [0.1, 0.15) is 34.1 Å². The predicted molar refractivity (Wildman–Crippen MR) is 42.0 cm³/mol. The minimum Gasteiger partial charge on any atom is -0.481 e. The normalized spacial score (nSPS) is 6.10. The number of hydrogen-bond donors (Lipinski definition) is 2. The summed E-state index contributed by atoms with van der Waals surface area (Å²) in [5.74, 6) is -0.961. The fourth-order valence-corrected chi connectivity index (χ4v) is 0.0956. The summed E-state index contributed by atoms with van der Waals surface area (Å²) in [4.78, 5) is 9.44. The first kappa shape index (κ1) is 16.2. The minimum atomic E-state index is -0.961. The van der Waals surface area contributed by atoms with Crippen molar-refractivity contribution in [3.05, 3.63) is 0 Å². The number of carbonyl (C=O) groups is 1. The van der Waals surface area contributed by atoms with E-state index in [9.17, 15) is 4.79 Å². The first-order valence-electron chi connectivity index (χ1n) is 3.60. The van der Waals surface area contributed by atoms with Crippen LogP contribution in [0.2, 0.25) is 0 Å². The molecule has 0 aromatic carbocycles. The molecule has 0 saturated carbocycles. The molecule has 0 aliphatic carbocycles. The van der Waals surface area contributed by atoms with E-state index in [0.29, 0.717) is 0 Å². The van der Waals surface area contributed by atoms with Crippen LogP contribution in [0.4, 0.5) is 0 Å². The van der Waals surface area contributed by atoms with Gasteiger partial charge < -0.3 is 10.2 Å². The fourth-order valence-electron chi connectivity index (χ4n) is 0.0956. The van der Waals surface area contributed by atoms with Crippen LogP contribution in [0.3, 0.4) is 0 Å². The molecule has 0 unspecified atom stereocenters. The molecular weight excluding hydrogens is 132 g/mol. The minimum absolute atomic E-state index is 0.153. The number of carboxylic acids is 1. The molecule has 0 amide bonds. The third-order valence-electron chi connectivity index (χ3n) is 0.326. The quantitative estimate of drug-likeness (QED) is 0.627. The third-order valence-corrected chi connectivity index (χ3v) is 0.326. The number of aliphatic carboxylic acids is 1. The van der Waals surface area contributed by atoms with Crippen LogP contribution in [-0.4, -0.2) is 22.8 Å². The summed E-state index contributed by atoms with van der Waals surface area (Å²) in [6, 6.07) is 0. The zero-order valence-electron chi connectivity index (χ0n) is 7.22. The van der Waals surface area contributed by atoms with E-state index in [2.05, 4.69) is 0 Å². The van der Waals surface area contributed by atoms with E-state index in [1.54, 1.807) is 0 Å². The summed E-state index contributed by atoms with van der Waals surface area (Å²) in [7, 11) is 0. The maximum Gasteiger partial charge on any atom is 0.305 e. The van der Waals surface area contributed by atoms with Crippen molar-refractivity contribution in [1.29, 1.82) is 0 Å². The van der Waals surface area contributed by atoms with Gasteiger partial charge in [-0.3, -0.25) is 4.79 Å². The summed E-state index contributed by atoms with van der Waals surface area (Å²) >= 11 is 0. The Hall–Kier alpha value is -0.570. The highest BCUT2D eigenvalue weighted by Crippen LogP contribution is 1.70. The van der Waals surface area contributed by atoms with Crippen molar-refractivity contribution < 1.29 is 15.0 Å². The van der Waals surface area contributed by atoms with Gasteiger partial charge in [-0.1, -0.05) is 27.7 Å². The van der Waals surface area contributed by atoms with E-state index < -0.39 is 5.97 Å². The average Bonchev–Trinajstić information content (AvgIpc) is 1.96.